The predicted octanol–water partition coefficient (Wildman–Crippen LogP) is 2.83. The molecule has 1 heterocycles. The van der Waals surface area contributed by atoms with E-state index in [4.69, 9.17) is 0 Å². The first-order valence-electron chi connectivity index (χ1n) is 4.03. The zero-order valence-corrected chi connectivity index (χ0v) is 9.69. The number of thioether (sulfide) groups is 2. The maximum Gasteiger partial charge on any atom is 0.205 e. The molecule has 0 aromatic carbocycles. The second-order valence-corrected chi connectivity index (χ2v) is 4.41. The minimum Gasteiger partial charge on any atom is -0.287 e. The van der Waals surface area contributed by atoms with E-state index in [1.165, 1.54) is 0 Å². The summed E-state index contributed by atoms with van der Waals surface area (Å²) in [6.45, 7) is 0. The first-order chi connectivity index (χ1) is 6.77. The molecule has 0 unspecified atom stereocenters. The highest BCUT2D eigenvalue weighted by Crippen LogP contribution is 2.23. The number of nitrogens with zero attached hydrogens (tertiary/aromatic N) is 1. The molecule has 0 spiro atoms. The summed E-state index contributed by atoms with van der Waals surface area (Å²) in [4.78, 5) is 15.6. The van der Waals surface area contributed by atoms with Crippen molar-refractivity contribution < 1.29 is 4.79 Å². The summed E-state index contributed by atoms with van der Waals surface area (Å²) in [5.74, 6) is -0.0377. The van der Waals surface area contributed by atoms with Crippen LogP contribution < -0.4 is 0 Å². The molecule has 2 nitrogen and oxygen atoms in total. The van der Waals surface area contributed by atoms with Crippen molar-refractivity contribution in [2.75, 3.05) is 12.5 Å². The molecule has 0 aliphatic rings. The molecule has 0 bridgehead atoms. The van der Waals surface area contributed by atoms with E-state index >= 15 is 0 Å². The largest absolute Gasteiger partial charge is 0.287 e. The van der Waals surface area contributed by atoms with Gasteiger partial charge in [0.1, 0.15) is 5.69 Å². The molecule has 1 aromatic heterocycles. The highest BCUT2D eigenvalue weighted by molar-refractivity contribution is 8.21. The van der Waals surface area contributed by atoms with E-state index in [1.807, 2.05) is 18.6 Å². The van der Waals surface area contributed by atoms with Crippen LogP contribution in [0.4, 0.5) is 0 Å². The number of pyridine rings is 1. The van der Waals surface area contributed by atoms with Crippen molar-refractivity contribution in [3.8, 4) is 0 Å². The van der Waals surface area contributed by atoms with Gasteiger partial charge in [0.2, 0.25) is 5.78 Å². The van der Waals surface area contributed by atoms with E-state index in [-0.39, 0.29) is 5.78 Å². The molecular weight excluding hydrogens is 214 g/mol. The van der Waals surface area contributed by atoms with Crippen molar-refractivity contribution in [1.82, 2.24) is 4.98 Å². The van der Waals surface area contributed by atoms with Crippen LogP contribution >= 0.6 is 23.5 Å². The Morgan fingerprint density at radius 1 is 1.36 bits per heavy atom. The molecule has 0 saturated carbocycles. The Bertz CT molecular complexity index is 329. The lowest BCUT2D eigenvalue weighted by atomic mass is 10.2. The van der Waals surface area contributed by atoms with Crippen molar-refractivity contribution in [3.63, 3.8) is 0 Å². The molecule has 0 radical (unpaired) electrons. The molecule has 0 aliphatic carbocycles. The van der Waals surface area contributed by atoms with Crippen LogP contribution in [0.3, 0.4) is 0 Å². The minimum atomic E-state index is -0.0377. The molecule has 0 N–H and O–H groups in total. The van der Waals surface area contributed by atoms with Crippen molar-refractivity contribution in [2.24, 2.45) is 0 Å². The summed E-state index contributed by atoms with van der Waals surface area (Å²) in [7, 11) is 0. The Morgan fingerprint density at radius 3 is 2.57 bits per heavy atom. The van der Waals surface area contributed by atoms with Gasteiger partial charge < -0.3 is 0 Å². The lowest BCUT2D eigenvalue weighted by Crippen LogP contribution is -1.97. The van der Waals surface area contributed by atoms with Crippen molar-refractivity contribution in [1.29, 1.82) is 0 Å². The maximum absolute atomic E-state index is 11.6. The van der Waals surface area contributed by atoms with Gasteiger partial charge >= 0.3 is 0 Å². The molecule has 0 saturated heterocycles. The Kier molecular flexibility index (Phi) is 4.76. The summed E-state index contributed by atoms with van der Waals surface area (Å²) in [5.41, 5.74) is 0.494. The Balaban J connectivity index is 2.82. The van der Waals surface area contributed by atoms with Crippen LogP contribution in [-0.2, 0) is 0 Å². The summed E-state index contributed by atoms with van der Waals surface area (Å²) in [6, 6.07) is 5.33. The van der Waals surface area contributed by atoms with Crippen LogP contribution in [0.5, 0.6) is 0 Å². The summed E-state index contributed by atoms with van der Waals surface area (Å²) >= 11 is 3.14. The first-order valence-corrected chi connectivity index (χ1v) is 6.48. The van der Waals surface area contributed by atoms with Crippen LogP contribution in [0.1, 0.15) is 10.5 Å². The first kappa shape index (κ1) is 11.3. The van der Waals surface area contributed by atoms with Gasteiger partial charge in [0.05, 0.1) is 0 Å². The summed E-state index contributed by atoms with van der Waals surface area (Å²) in [5, 5.41) is 0. The third-order valence-electron chi connectivity index (χ3n) is 1.57. The van der Waals surface area contributed by atoms with Gasteiger partial charge in [0, 0.05) is 16.5 Å². The van der Waals surface area contributed by atoms with Gasteiger partial charge in [-0.3, -0.25) is 9.78 Å². The molecule has 4 heteroatoms. The number of carbonyl (C=O) groups excluding carboxylic acids is 1. The van der Waals surface area contributed by atoms with Gasteiger partial charge in [-0.2, -0.15) is 0 Å². The summed E-state index contributed by atoms with van der Waals surface area (Å²) < 4.78 is 1.00. The SMILES string of the molecule is CSC(=CC(=O)c1ccccn1)SC. The fourth-order valence-corrected chi connectivity index (χ4v) is 2.01. The zero-order valence-electron chi connectivity index (χ0n) is 8.06. The van der Waals surface area contributed by atoms with E-state index in [0.29, 0.717) is 5.69 Å². The predicted molar refractivity (Wildman–Crippen MR) is 63.7 cm³/mol. The van der Waals surface area contributed by atoms with Crippen LogP contribution in [0, 0.1) is 0 Å². The molecule has 0 amide bonds. The fraction of sp³-hybridized carbons (Fsp3) is 0.200. The van der Waals surface area contributed by atoms with Crippen molar-refractivity contribution in [2.45, 2.75) is 0 Å². The van der Waals surface area contributed by atoms with E-state index < -0.39 is 0 Å². The summed E-state index contributed by atoms with van der Waals surface area (Å²) in [6.07, 6.45) is 7.15. The molecule has 0 aliphatic heterocycles. The van der Waals surface area contributed by atoms with E-state index in [0.717, 1.165) is 4.24 Å². The van der Waals surface area contributed by atoms with Gasteiger partial charge in [-0.15, -0.1) is 23.5 Å². The lowest BCUT2D eigenvalue weighted by molar-refractivity contribution is 0.104. The number of hydrogen-bond acceptors (Lipinski definition) is 4. The van der Waals surface area contributed by atoms with Gasteiger partial charge in [0.15, 0.2) is 0 Å². The normalized spacial score (nSPS) is 9.57. The molecule has 0 fully saturated rings. The molecule has 74 valence electrons. The molecule has 1 rings (SSSR count). The maximum atomic E-state index is 11.6. The van der Waals surface area contributed by atoms with Crippen LogP contribution in [-0.4, -0.2) is 23.3 Å². The number of rotatable bonds is 4. The van der Waals surface area contributed by atoms with Crippen molar-refractivity contribution in [3.05, 3.63) is 40.4 Å². The average Bonchev–Trinajstić information content (AvgIpc) is 2.26. The second kappa shape index (κ2) is 5.88. The Morgan fingerprint density at radius 2 is 2.07 bits per heavy atom. The number of aromatic nitrogens is 1. The third kappa shape index (κ3) is 3.20. The average molecular weight is 225 g/mol. The van der Waals surface area contributed by atoms with Gasteiger partial charge in [-0.1, -0.05) is 6.07 Å². The Hall–Kier alpha value is -0.740. The van der Waals surface area contributed by atoms with Gasteiger partial charge in [0.25, 0.3) is 0 Å². The number of carbonyl (C=O) groups is 1. The third-order valence-corrected chi connectivity index (χ3v) is 3.61. The number of hydrogen-bond donors (Lipinski definition) is 0. The highest BCUT2D eigenvalue weighted by Gasteiger charge is 2.04. The molecule has 1 aromatic rings. The second-order valence-electron chi connectivity index (χ2n) is 2.45. The van der Waals surface area contributed by atoms with Gasteiger partial charge in [-0.05, 0) is 24.6 Å². The van der Waals surface area contributed by atoms with Gasteiger partial charge in [-0.25, -0.2) is 0 Å². The number of allylic oxidation sites excluding steroid dienone is 1. The zero-order chi connectivity index (χ0) is 10.4. The van der Waals surface area contributed by atoms with E-state index in [9.17, 15) is 4.79 Å². The minimum absolute atomic E-state index is 0.0377. The van der Waals surface area contributed by atoms with E-state index in [1.54, 1.807) is 47.9 Å². The monoisotopic (exact) mass is 225 g/mol. The van der Waals surface area contributed by atoms with Crippen molar-refractivity contribution >= 4 is 29.3 Å². The highest BCUT2D eigenvalue weighted by atomic mass is 32.2. The lowest BCUT2D eigenvalue weighted by Gasteiger charge is -1.98. The van der Waals surface area contributed by atoms with E-state index in [2.05, 4.69) is 4.98 Å². The number of ketones is 1. The Labute approximate surface area is 92.2 Å². The van der Waals surface area contributed by atoms with Crippen LogP contribution in [0.15, 0.2) is 34.7 Å². The standard InChI is InChI=1S/C10H11NOS2/c1-13-10(14-2)7-9(12)8-5-3-4-6-11-8/h3-7H,1-2H3. The fourth-order valence-electron chi connectivity index (χ4n) is 0.891. The van der Waals surface area contributed by atoms with Crippen LogP contribution in [0.2, 0.25) is 0 Å². The molecular formula is C10H11NOS2. The smallest absolute Gasteiger partial charge is 0.205 e. The molecule has 0 atom stereocenters. The topological polar surface area (TPSA) is 30.0 Å². The quantitative estimate of drug-likeness (QED) is 0.582. The molecule has 14 heavy (non-hydrogen) atoms. The van der Waals surface area contributed by atoms with Crippen LogP contribution in [0.25, 0.3) is 0 Å².